The largest absolute Gasteiger partial charge is 0.364 e. The molecule has 0 aromatic carbocycles. The molecular formula is C11H14ClN3O. The van der Waals surface area contributed by atoms with E-state index in [1.165, 1.54) is 19.2 Å². The molecule has 86 valence electrons. The van der Waals surface area contributed by atoms with Gasteiger partial charge in [0.2, 0.25) is 0 Å². The van der Waals surface area contributed by atoms with Crippen molar-refractivity contribution < 1.29 is 4.79 Å². The number of nitrogens with zero attached hydrogens (tertiary/aromatic N) is 2. The quantitative estimate of drug-likeness (QED) is 0.648. The van der Waals surface area contributed by atoms with Crippen LogP contribution in [0.25, 0.3) is 0 Å². The Hall–Kier alpha value is -1.16. The van der Waals surface area contributed by atoms with Gasteiger partial charge in [0.15, 0.2) is 6.29 Å². The fourth-order valence-electron chi connectivity index (χ4n) is 1.79. The first kappa shape index (κ1) is 11.3. The zero-order valence-corrected chi connectivity index (χ0v) is 10.1. The Morgan fingerprint density at radius 1 is 1.50 bits per heavy atom. The zero-order chi connectivity index (χ0) is 11.8. The van der Waals surface area contributed by atoms with Crippen LogP contribution in [0.5, 0.6) is 0 Å². The average molecular weight is 240 g/mol. The van der Waals surface area contributed by atoms with Gasteiger partial charge in [-0.25, -0.2) is 9.97 Å². The van der Waals surface area contributed by atoms with Gasteiger partial charge in [0, 0.05) is 5.54 Å². The highest BCUT2D eigenvalue weighted by Crippen LogP contribution is 2.41. The third-order valence-electron chi connectivity index (χ3n) is 2.99. The fourth-order valence-corrected chi connectivity index (χ4v) is 1.97. The van der Waals surface area contributed by atoms with Gasteiger partial charge < -0.3 is 5.32 Å². The highest BCUT2D eigenvalue weighted by molar-refractivity contribution is 6.32. The van der Waals surface area contributed by atoms with Gasteiger partial charge in [0.25, 0.3) is 0 Å². The number of carbonyl (C=O) groups excluding carboxylic acids is 1. The van der Waals surface area contributed by atoms with Crippen molar-refractivity contribution in [1.29, 1.82) is 0 Å². The van der Waals surface area contributed by atoms with Crippen molar-refractivity contribution in [3.63, 3.8) is 0 Å². The van der Waals surface area contributed by atoms with E-state index in [1.54, 1.807) is 0 Å². The summed E-state index contributed by atoms with van der Waals surface area (Å²) in [4.78, 5) is 18.8. The second-order valence-electron chi connectivity index (χ2n) is 4.67. The van der Waals surface area contributed by atoms with E-state index in [0.717, 1.165) is 0 Å². The minimum absolute atomic E-state index is 0.0601. The standard InChI is InChI=1S/C11H14ClN3O/c1-11(2,7-3-4-7)15-10-8(5-16)9(12)13-6-14-10/h5-7H,3-4H2,1-2H3,(H,13,14,15). The molecule has 4 nitrogen and oxygen atoms in total. The Bertz CT molecular complexity index is 416. The Morgan fingerprint density at radius 3 is 2.75 bits per heavy atom. The Labute approximate surface area is 99.4 Å². The number of aromatic nitrogens is 2. The third-order valence-corrected chi connectivity index (χ3v) is 3.29. The van der Waals surface area contributed by atoms with Crippen LogP contribution in [0.1, 0.15) is 37.0 Å². The van der Waals surface area contributed by atoms with Crippen LogP contribution in [-0.2, 0) is 0 Å². The second-order valence-corrected chi connectivity index (χ2v) is 5.02. The highest BCUT2D eigenvalue weighted by atomic mass is 35.5. The number of nitrogens with one attached hydrogen (secondary N) is 1. The maximum absolute atomic E-state index is 10.9. The summed E-state index contributed by atoms with van der Waals surface area (Å²) in [6, 6.07) is 0. The molecular weight excluding hydrogens is 226 g/mol. The van der Waals surface area contributed by atoms with Crippen molar-refractivity contribution in [1.82, 2.24) is 9.97 Å². The minimum Gasteiger partial charge on any atom is -0.364 e. The number of anilines is 1. The van der Waals surface area contributed by atoms with E-state index in [9.17, 15) is 4.79 Å². The van der Waals surface area contributed by atoms with Gasteiger partial charge in [-0.3, -0.25) is 4.79 Å². The molecule has 1 fully saturated rings. The fraction of sp³-hybridized carbons (Fsp3) is 0.545. The molecule has 0 spiro atoms. The minimum atomic E-state index is -0.0601. The van der Waals surface area contributed by atoms with Crippen molar-refractivity contribution in [2.45, 2.75) is 32.2 Å². The lowest BCUT2D eigenvalue weighted by Crippen LogP contribution is -2.34. The van der Waals surface area contributed by atoms with Crippen LogP contribution in [0.2, 0.25) is 5.15 Å². The lowest BCUT2D eigenvalue weighted by molar-refractivity contribution is 0.112. The molecule has 1 aliphatic carbocycles. The topological polar surface area (TPSA) is 54.9 Å². The highest BCUT2D eigenvalue weighted by Gasteiger charge is 2.38. The molecule has 1 aliphatic rings. The molecule has 0 unspecified atom stereocenters. The number of rotatable bonds is 4. The van der Waals surface area contributed by atoms with Crippen LogP contribution in [0.4, 0.5) is 5.82 Å². The normalized spacial score (nSPS) is 15.9. The molecule has 1 heterocycles. The lowest BCUT2D eigenvalue weighted by Gasteiger charge is -2.27. The van der Waals surface area contributed by atoms with E-state index in [-0.39, 0.29) is 10.7 Å². The van der Waals surface area contributed by atoms with Crippen LogP contribution >= 0.6 is 11.6 Å². The van der Waals surface area contributed by atoms with Crippen LogP contribution in [0.3, 0.4) is 0 Å². The molecule has 5 heteroatoms. The summed E-state index contributed by atoms with van der Waals surface area (Å²) < 4.78 is 0. The van der Waals surface area contributed by atoms with Gasteiger partial charge in [-0.2, -0.15) is 0 Å². The van der Waals surface area contributed by atoms with E-state index in [0.29, 0.717) is 23.6 Å². The zero-order valence-electron chi connectivity index (χ0n) is 9.33. The molecule has 1 saturated carbocycles. The average Bonchev–Trinajstić information content (AvgIpc) is 3.00. The summed E-state index contributed by atoms with van der Waals surface area (Å²) in [6.07, 6.45) is 4.48. The van der Waals surface area contributed by atoms with Gasteiger partial charge in [0.05, 0.1) is 5.56 Å². The first-order chi connectivity index (χ1) is 7.54. The van der Waals surface area contributed by atoms with Crippen molar-refractivity contribution in [2.24, 2.45) is 5.92 Å². The molecule has 2 rings (SSSR count). The summed E-state index contributed by atoms with van der Waals surface area (Å²) in [5.41, 5.74) is 0.271. The molecule has 0 amide bonds. The molecule has 0 atom stereocenters. The number of halogens is 1. The monoisotopic (exact) mass is 239 g/mol. The van der Waals surface area contributed by atoms with Crippen molar-refractivity contribution in [3.05, 3.63) is 17.0 Å². The number of hydrogen-bond donors (Lipinski definition) is 1. The van der Waals surface area contributed by atoms with Crippen LogP contribution < -0.4 is 5.32 Å². The summed E-state index contributed by atoms with van der Waals surface area (Å²) in [7, 11) is 0. The van der Waals surface area contributed by atoms with Gasteiger partial charge >= 0.3 is 0 Å². The van der Waals surface area contributed by atoms with Gasteiger partial charge in [-0.05, 0) is 32.6 Å². The van der Waals surface area contributed by atoms with E-state index in [2.05, 4.69) is 29.1 Å². The van der Waals surface area contributed by atoms with E-state index < -0.39 is 0 Å². The predicted molar refractivity (Wildman–Crippen MR) is 62.9 cm³/mol. The molecule has 16 heavy (non-hydrogen) atoms. The Morgan fingerprint density at radius 2 is 2.19 bits per heavy atom. The van der Waals surface area contributed by atoms with Gasteiger partial charge in [0.1, 0.15) is 17.3 Å². The second kappa shape index (κ2) is 4.01. The Kier molecular flexibility index (Phi) is 2.84. The Balaban J connectivity index is 2.26. The maximum atomic E-state index is 10.9. The number of aldehydes is 1. The first-order valence-electron chi connectivity index (χ1n) is 5.28. The molecule has 0 aliphatic heterocycles. The molecule has 1 aromatic rings. The lowest BCUT2D eigenvalue weighted by atomic mass is 9.98. The molecule has 1 aromatic heterocycles. The van der Waals surface area contributed by atoms with Crippen molar-refractivity contribution in [2.75, 3.05) is 5.32 Å². The molecule has 0 radical (unpaired) electrons. The van der Waals surface area contributed by atoms with Crippen LogP contribution in [0, 0.1) is 5.92 Å². The smallest absolute Gasteiger partial charge is 0.156 e. The maximum Gasteiger partial charge on any atom is 0.156 e. The van der Waals surface area contributed by atoms with E-state index in [1.807, 2.05) is 0 Å². The summed E-state index contributed by atoms with van der Waals surface area (Å²) >= 11 is 5.83. The SMILES string of the molecule is CC(C)(Nc1ncnc(Cl)c1C=O)C1CC1. The first-order valence-corrected chi connectivity index (χ1v) is 5.66. The third kappa shape index (κ3) is 2.16. The van der Waals surface area contributed by atoms with E-state index >= 15 is 0 Å². The number of carbonyl (C=O) groups is 1. The number of hydrogen-bond acceptors (Lipinski definition) is 4. The van der Waals surface area contributed by atoms with Crippen molar-refractivity contribution in [3.8, 4) is 0 Å². The van der Waals surface area contributed by atoms with Gasteiger partial charge in [-0.1, -0.05) is 11.6 Å². The van der Waals surface area contributed by atoms with Gasteiger partial charge in [-0.15, -0.1) is 0 Å². The predicted octanol–water partition coefficient (Wildman–Crippen LogP) is 2.54. The van der Waals surface area contributed by atoms with Crippen LogP contribution in [-0.4, -0.2) is 21.8 Å². The molecule has 1 N–H and O–H groups in total. The van der Waals surface area contributed by atoms with Crippen molar-refractivity contribution >= 4 is 23.7 Å². The molecule has 0 saturated heterocycles. The van der Waals surface area contributed by atoms with E-state index in [4.69, 9.17) is 11.6 Å². The summed E-state index contributed by atoms with van der Waals surface area (Å²) in [5.74, 6) is 1.16. The molecule has 0 bridgehead atoms. The summed E-state index contributed by atoms with van der Waals surface area (Å²) in [6.45, 7) is 4.21. The van der Waals surface area contributed by atoms with Crippen LogP contribution in [0.15, 0.2) is 6.33 Å². The summed E-state index contributed by atoms with van der Waals surface area (Å²) in [5, 5.41) is 3.47.